The van der Waals surface area contributed by atoms with Crippen LogP contribution >= 0.6 is 11.6 Å². The molecule has 0 saturated carbocycles. The molecule has 0 aliphatic rings. The minimum atomic E-state index is -0.567. The maximum Gasteiger partial charge on any atom is 0.340 e. The summed E-state index contributed by atoms with van der Waals surface area (Å²) in [7, 11) is 1.57. The third-order valence-electron chi connectivity index (χ3n) is 5.04. The van der Waals surface area contributed by atoms with E-state index in [1.807, 2.05) is 55.7 Å². The topological polar surface area (TPSA) is 69.6 Å². The van der Waals surface area contributed by atoms with Crippen molar-refractivity contribution in [3.8, 4) is 11.4 Å². The second-order valence-electron chi connectivity index (χ2n) is 7.21. The summed E-state index contributed by atoms with van der Waals surface area (Å²) >= 11 is 6.16. The van der Waals surface area contributed by atoms with Crippen molar-refractivity contribution in [3.05, 3.63) is 82.1 Å². The van der Waals surface area contributed by atoms with E-state index in [0.29, 0.717) is 22.0 Å². The largest absolute Gasteiger partial charge is 0.495 e. The summed E-state index contributed by atoms with van der Waals surface area (Å²) in [4.78, 5) is 24.9. The number of hydrogen-bond donors (Lipinski definition) is 1. The molecule has 1 aromatic heterocycles. The molecule has 1 amide bonds. The molecule has 31 heavy (non-hydrogen) atoms. The van der Waals surface area contributed by atoms with Crippen LogP contribution in [0.2, 0.25) is 5.02 Å². The summed E-state index contributed by atoms with van der Waals surface area (Å²) in [6.45, 7) is 5.20. The zero-order valence-corrected chi connectivity index (χ0v) is 18.7. The zero-order chi connectivity index (χ0) is 22.5. The Hall–Kier alpha value is -3.25. The first-order chi connectivity index (χ1) is 14.8. The molecule has 3 rings (SSSR count). The summed E-state index contributed by atoms with van der Waals surface area (Å²) < 4.78 is 12.6. The van der Waals surface area contributed by atoms with Crippen molar-refractivity contribution in [1.29, 1.82) is 0 Å². The van der Waals surface area contributed by atoms with Crippen LogP contribution in [0.4, 0.5) is 0 Å². The van der Waals surface area contributed by atoms with Gasteiger partial charge >= 0.3 is 5.97 Å². The number of esters is 1. The molecule has 162 valence electrons. The monoisotopic (exact) mass is 440 g/mol. The Morgan fingerprint density at radius 3 is 2.48 bits per heavy atom. The summed E-state index contributed by atoms with van der Waals surface area (Å²) in [5, 5.41) is 3.38. The minimum absolute atomic E-state index is 0.187. The van der Waals surface area contributed by atoms with E-state index in [4.69, 9.17) is 21.1 Å². The number of halogens is 1. The fourth-order valence-electron chi connectivity index (χ4n) is 3.50. The SMILES string of the molecule is COc1ccc(Cl)cc1-n1c(C)cc(C(=O)OCC(=O)N[C@@H](C)c2ccccc2)c1C. The van der Waals surface area contributed by atoms with Gasteiger partial charge in [0.2, 0.25) is 0 Å². The third kappa shape index (κ3) is 5.09. The van der Waals surface area contributed by atoms with Crippen LogP contribution in [-0.2, 0) is 9.53 Å². The highest BCUT2D eigenvalue weighted by Gasteiger charge is 2.21. The van der Waals surface area contributed by atoms with Crippen LogP contribution in [0.5, 0.6) is 5.75 Å². The predicted octanol–water partition coefficient (Wildman–Crippen LogP) is 4.79. The molecule has 1 heterocycles. The van der Waals surface area contributed by atoms with Crippen LogP contribution in [-0.4, -0.2) is 30.2 Å². The Kier molecular flexibility index (Phi) is 7.02. The van der Waals surface area contributed by atoms with Crippen molar-refractivity contribution in [1.82, 2.24) is 9.88 Å². The predicted molar refractivity (Wildman–Crippen MR) is 120 cm³/mol. The van der Waals surface area contributed by atoms with Crippen LogP contribution in [0, 0.1) is 13.8 Å². The number of amides is 1. The molecule has 0 radical (unpaired) electrons. The number of methoxy groups -OCH3 is 1. The average molecular weight is 441 g/mol. The number of hydrogen-bond acceptors (Lipinski definition) is 4. The summed E-state index contributed by atoms with van der Waals surface area (Å²) in [5.74, 6) is -0.307. The Labute approximate surface area is 186 Å². The van der Waals surface area contributed by atoms with Gasteiger partial charge in [-0.1, -0.05) is 41.9 Å². The molecule has 3 aromatic rings. The van der Waals surface area contributed by atoms with Gasteiger partial charge in [0, 0.05) is 16.4 Å². The van der Waals surface area contributed by atoms with Gasteiger partial charge in [-0.2, -0.15) is 0 Å². The van der Waals surface area contributed by atoms with Crippen molar-refractivity contribution in [2.24, 2.45) is 0 Å². The van der Waals surface area contributed by atoms with E-state index in [2.05, 4.69) is 5.32 Å². The third-order valence-corrected chi connectivity index (χ3v) is 5.28. The van der Waals surface area contributed by atoms with Gasteiger partial charge in [0.1, 0.15) is 5.75 Å². The Morgan fingerprint density at radius 2 is 1.81 bits per heavy atom. The van der Waals surface area contributed by atoms with E-state index in [0.717, 1.165) is 16.9 Å². The molecule has 0 aliphatic carbocycles. The van der Waals surface area contributed by atoms with Crippen molar-refractivity contribution >= 4 is 23.5 Å². The lowest BCUT2D eigenvalue weighted by molar-refractivity contribution is -0.124. The second-order valence-corrected chi connectivity index (χ2v) is 7.65. The Morgan fingerprint density at radius 1 is 1.10 bits per heavy atom. The van der Waals surface area contributed by atoms with Gasteiger partial charge in [-0.3, -0.25) is 4.79 Å². The van der Waals surface area contributed by atoms with E-state index in [1.54, 1.807) is 31.4 Å². The number of nitrogens with zero attached hydrogens (tertiary/aromatic N) is 1. The summed E-state index contributed by atoms with van der Waals surface area (Å²) in [5.41, 5.74) is 3.55. The van der Waals surface area contributed by atoms with Gasteiger partial charge in [0.25, 0.3) is 5.91 Å². The van der Waals surface area contributed by atoms with Crippen LogP contribution in [0.25, 0.3) is 5.69 Å². The zero-order valence-electron chi connectivity index (χ0n) is 17.9. The highest BCUT2D eigenvalue weighted by atomic mass is 35.5. The number of rotatable bonds is 7. The summed E-state index contributed by atoms with van der Waals surface area (Å²) in [6, 6.07) is 16.4. The molecule has 6 nitrogen and oxygen atoms in total. The van der Waals surface area contributed by atoms with Crippen LogP contribution < -0.4 is 10.1 Å². The number of ether oxygens (including phenoxy) is 2. The van der Waals surface area contributed by atoms with Gasteiger partial charge in [-0.05, 0) is 50.6 Å². The highest BCUT2D eigenvalue weighted by Crippen LogP contribution is 2.30. The maximum atomic E-state index is 12.7. The van der Waals surface area contributed by atoms with Crippen molar-refractivity contribution in [2.75, 3.05) is 13.7 Å². The lowest BCUT2D eigenvalue weighted by Crippen LogP contribution is -2.31. The molecule has 0 saturated heterocycles. The second kappa shape index (κ2) is 9.71. The standard InChI is InChI=1S/C24H25ClN2O4/c1-15-12-20(17(3)27(15)21-13-19(25)10-11-22(21)30-4)24(29)31-14-23(28)26-16(2)18-8-6-5-7-9-18/h5-13,16H,14H2,1-4H3,(H,26,28)/t16-/m0/s1. The van der Waals surface area contributed by atoms with E-state index >= 15 is 0 Å². The number of aromatic nitrogens is 1. The molecule has 0 fully saturated rings. The number of carbonyl (C=O) groups excluding carboxylic acids is 2. The number of aryl methyl sites for hydroxylation is 1. The van der Waals surface area contributed by atoms with Crippen molar-refractivity contribution < 1.29 is 19.1 Å². The molecule has 0 bridgehead atoms. The van der Waals surface area contributed by atoms with Gasteiger partial charge in [0.05, 0.1) is 24.4 Å². The fraction of sp³-hybridized carbons (Fsp3) is 0.250. The number of benzene rings is 2. The quantitative estimate of drug-likeness (QED) is 0.536. The maximum absolute atomic E-state index is 12.7. The smallest absolute Gasteiger partial charge is 0.340 e. The molecule has 0 aliphatic heterocycles. The Bertz CT molecular complexity index is 1090. The fourth-order valence-corrected chi connectivity index (χ4v) is 3.66. The lowest BCUT2D eigenvalue weighted by Gasteiger charge is -2.15. The average Bonchev–Trinajstić information content (AvgIpc) is 3.06. The van der Waals surface area contributed by atoms with Crippen LogP contribution in [0.3, 0.4) is 0 Å². The molecule has 1 atom stereocenters. The highest BCUT2D eigenvalue weighted by molar-refractivity contribution is 6.30. The Balaban J connectivity index is 1.71. The van der Waals surface area contributed by atoms with Gasteiger partial charge in [-0.25, -0.2) is 4.79 Å². The van der Waals surface area contributed by atoms with Crippen molar-refractivity contribution in [3.63, 3.8) is 0 Å². The molecule has 2 aromatic carbocycles. The van der Waals surface area contributed by atoms with Crippen LogP contribution in [0.1, 0.15) is 40.3 Å². The number of nitrogens with one attached hydrogen (secondary N) is 1. The van der Waals surface area contributed by atoms with E-state index in [9.17, 15) is 9.59 Å². The van der Waals surface area contributed by atoms with E-state index in [-0.39, 0.29) is 18.6 Å². The summed E-state index contributed by atoms with van der Waals surface area (Å²) in [6.07, 6.45) is 0. The van der Waals surface area contributed by atoms with Gasteiger partial charge in [0.15, 0.2) is 6.61 Å². The minimum Gasteiger partial charge on any atom is -0.495 e. The van der Waals surface area contributed by atoms with Gasteiger partial charge in [-0.15, -0.1) is 0 Å². The van der Waals surface area contributed by atoms with Crippen LogP contribution in [0.15, 0.2) is 54.6 Å². The number of carbonyl (C=O) groups is 2. The van der Waals surface area contributed by atoms with Gasteiger partial charge < -0.3 is 19.4 Å². The first-order valence-corrected chi connectivity index (χ1v) is 10.2. The first kappa shape index (κ1) is 22.4. The molecule has 0 unspecified atom stereocenters. The molecule has 7 heteroatoms. The van der Waals surface area contributed by atoms with E-state index in [1.165, 1.54) is 0 Å². The normalized spacial score (nSPS) is 11.6. The molecule has 1 N–H and O–H groups in total. The molecule has 0 spiro atoms. The van der Waals surface area contributed by atoms with E-state index < -0.39 is 5.97 Å². The lowest BCUT2D eigenvalue weighted by atomic mass is 10.1. The molecular weight excluding hydrogens is 416 g/mol. The first-order valence-electron chi connectivity index (χ1n) is 9.86. The molecular formula is C24H25ClN2O4. The van der Waals surface area contributed by atoms with Crippen molar-refractivity contribution in [2.45, 2.75) is 26.8 Å².